The van der Waals surface area contributed by atoms with Crippen molar-refractivity contribution in [1.82, 2.24) is 20.3 Å². The number of nitrogens with one attached hydrogen (secondary N) is 1. The highest BCUT2D eigenvalue weighted by atomic mass is 16.2. The first-order valence-electron chi connectivity index (χ1n) is 13.1. The van der Waals surface area contributed by atoms with Gasteiger partial charge in [-0.15, -0.1) is 5.10 Å². The molecule has 1 unspecified atom stereocenters. The van der Waals surface area contributed by atoms with Crippen LogP contribution in [-0.4, -0.2) is 38.6 Å². The average molecular weight is 510 g/mol. The van der Waals surface area contributed by atoms with Crippen LogP contribution < -0.4 is 10.2 Å². The second-order valence-electron chi connectivity index (χ2n) is 9.76. The Morgan fingerprint density at radius 1 is 0.947 bits per heavy atom. The predicted octanol–water partition coefficient (Wildman–Crippen LogP) is 4.86. The number of nitrogens with zero attached hydrogens (tertiary/aromatic N) is 4. The first-order chi connectivity index (χ1) is 18.5. The molecule has 1 fully saturated rings. The number of amides is 2. The normalized spacial score (nSPS) is 14.7. The molecule has 5 rings (SSSR count). The molecule has 0 saturated heterocycles. The van der Waals surface area contributed by atoms with E-state index in [-0.39, 0.29) is 30.2 Å². The smallest absolute Gasteiger partial charge is 0.249 e. The molecule has 1 aliphatic rings. The predicted molar refractivity (Wildman–Crippen MR) is 146 cm³/mol. The Balaban J connectivity index is 1.57. The molecule has 1 heterocycles. The summed E-state index contributed by atoms with van der Waals surface area (Å²) in [6.07, 6.45) is 5.16. The topological polar surface area (TPSA) is 97.2 Å². The van der Waals surface area contributed by atoms with Crippen LogP contribution in [0.3, 0.4) is 0 Å². The third-order valence-corrected chi connectivity index (χ3v) is 7.08. The van der Waals surface area contributed by atoms with E-state index in [1.54, 1.807) is 28.9 Å². The van der Waals surface area contributed by atoms with Crippen LogP contribution in [0.2, 0.25) is 0 Å². The van der Waals surface area contributed by atoms with E-state index in [0.717, 1.165) is 31.2 Å². The van der Waals surface area contributed by atoms with Crippen molar-refractivity contribution in [2.24, 2.45) is 0 Å². The molecular formula is C30H31N5O3. The van der Waals surface area contributed by atoms with Crippen LogP contribution in [0.4, 0.5) is 5.69 Å². The number of carbonyl (C=O) groups excluding carboxylic acids is 3. The van der Waals surface area contributed by atoms with Gasteiger partial charge < -0.3 is 5.32 Å². The molecule has 2 amide bonds. The highest BCUT2D eigenvalue weighted by Gasteiger charge is 2.34. The van der Waals surface area contributed by atoms with Crippen molar-refractivity contribution in [3.8, 4) is 0 Å². The van der Waals surface area contributed by atoms with Gasteiger partial charge in [0.05, 0.1) is 5.52 Å². The summed E-state index contributed by atoms with van der Waals surface area (Å²) in [6, 6.07) is 22.7. The second-order valence-corrected chi connectivity index (χ2v) is 9.76. The highest BCUT2D eigenvalue weighted by Crippen LogP contribution is 2.30. The Morgan fingerprint density at radius 3 is 2.45 bits per heavy atom. The molecule has 38 heavy (non-hydrogen) atoms. The monoisotopic (exact) mass is 509 g/mol. The van der Waals surface area contributed by atoms with Crippen LogP contribution >= 0.6 is 0 Å². The van der Waals surface area contributed by atoms with E-state index in [9.17, 15) is 14.4 Å². The fourth-order valence-electron chi connectivity index (χ4n) is 5.13. The summed E-state index contributed by atoms with van der Waals surface area (Å²) in [4.78, 5) is 41.8. The molecule has 1 atom stereocenters. The second kappa shape index (κ2) is 11.4. The lowest BCUT2D eigenvalue weighted by Gasteiger charge is -2.33. The van der Waals surface area contributed by atoms with Gasteiger partial charge in [0.2, 0.25) is 11.8 Å². The fourth-order valence-corrected chi connectivity index (χ4v) is 5.13. The van der Waals surface area contributed by atoms with Crippen LogP contribution in [0.5, 0.6) is 0 Å². The van der Waals surface area contributed by atoms with Crippen molar-refractivity contribution in [3.05, 3.63) is 90.0 Å². The lowest BCUT2D eigenvalue weighted by Crippen LogP contribution is -2.48. The van der Waals surface area contributed by atoms with Crippen molar-refractivity contribution in [1.29, 1.82) is 0 Å². The van der Waals surface area contributed by atoms with Crippen LogP contribution in [0.15, 0.2) is 78.9 Å². The number of anilines is 1. The van der Waals surface area contributed by atoms with E-state index in [4.69, 9.17) is 0 Å². The van der Waals surface area contributed by atoms with E-state index in [1.165, 1.54) is 18.2 Å². The lowest BCUT2D eigenvalue weighted by molar-refractivity contribution is -0.127. The van der Waals surface area contributed by atoms with Crippen LogP contribution in [0, 0.1) is 0 Å². The Hall–Kier alpha value is -4.33. The maximum Gasteiger partial charge on any atom is 0.249 e. The summed E-state index contributed by atoms with van der Waals surface area (Å²) in [5.74, 6) is -0.702. The molecule has 0 spiro atoms. The summed E-state index contributed by atoms with van der Waals surface area (Å²) >= 11 is 0. The van der Waals surface area contributed by atoms with Crippen molar-refractivity contribution in [2.45, 2.75) is 57.7 Å². The first kappa shape index (κ1) is 25.3. The molecule has 1 aromatic heterocycles. The van der Waals surface area contributed by atoms with E-state index in [1.807, 2.05) is 54.6 Å². The van der Waals surface area contributed by atoms with E-state index >= 15 is 0 Å². The van der Waals surface area contributed by atoms with Gasteiger partial charge in [-0.3, -0.25) is 19.3 Å². The number of hydrogen-bond acceptors (Lipinski definition) is 5. The molecular weight excluding hydrogens is 478 g/mol. The zero-order chi connectivity index (χ0) is 26.5. The van der Waals surface area contributed by atoms with Crippen LogP contribution in [-0.2, 0) is 16.1 Å². The minimum absolute atomic E-state index is 0.0715. The maximum atomic E-state index is 14.1. The molecule has 8 heteroatoms. The molecule has 0 radical (unpaired) electrons. The van der Waals surface area contributed by atoms with Gasteiger partial charge in [-0.25, -0.2) is 4.68 Å². The number of rotatable bonds is 8. The molecule has 0 bridgehead atoms. The number of aromatic nitrogens is 3. The Labute approximate surface area is 221 Å². The zero-order valence-electron chi connectivity index (χ0n) is 21.4. The van der Waals surface area contributed by atoms with Crippen molar-refractivity contribution < 1.29 is 14.4 Å². The van der Waals surface area contributed by atoms with Gasteiger partial charge in [-0.2, -0.15) is 0 Å². The highest BCUT2D eigenvalue weighted by molar-refractivity contribution is 6.03. The van der Waals surface area contributed by atoms with Gasteiger partial charge >= 0.3 is 0 Å². The van der Waals surface area contributed by atoms with Gasteiger partial charge in [-0.1, -0.05) is 79.1 Å². The Morgan fingerprint density at radius 2 is 1.68 bits per heavy atom. The summed E-state index contributed by atoms with van der Waals surface area (Å²) in [5, 5.41) is 11.6. The number of Topliss-reactive ketones (excluding diaryl/α,β-unsaturated/α-hetero) is 1. The Bertz CT molecular complexity index is 1440. The minimum atomic E-state index is -0.928. The minimum Gasteiger partial charge on any atom is -0.351 e. The number of carbonyl (C=O) groups is 3. The molecule has 4 aromatic rings. The molecule has 1 aliphatic carbocycles. The number of ketones is 1. The molecule has 194 valence electrons. The van der Waals surface area contributed by atoms with Gasteiger partial charge in [0.1, 0.15) is 18.1 Å². The third kappa shape index (κ3) is 5.49. The SMILES string of the molecule is CC(=O)c1cccc(N(C(=O)Cn2nnc3ccccc32)C(C(=O)NC2CCCCC2)c2ccccc2)c1. The van der Waals surface area contributed by atoms with Crippen LogP contribution in [0.1, 0.15) is 61.0 Å². The number of fused-ring (bicyclic) bond motifs is 1. The maximum absolute atomic E-state index is 14.1. The molecule has 1 saturated carbocycles. The fraction of sp³-hybridized carbons (Fsp3) is 0.300. The van der Waals surface area contributed by atoms with Gasteiger partial charge in [0, 0.05) is 17.3 Å². The number of hydrogen-bond donors (Lipinski definition) is 1. The third-order valence-electron chi connectivity index (χ3n) is 7.08. The average Bonchev–Trinajstić information content (AvgIpc) is 3.35. The summed E-state index contributed by atoms with van der Waals surface area (Å²) in [7, 11) is 0. The van der Waals surface area contributed by atoms with Gasteiger partial charge in [0.25, 0.3) is 0 Å². The summed E-state index contributed by atoms with van der Waals surface area (Å²) in [5.41, 5.74) is 3.03. The first-order valence-corrected chi connectivity index (χ1v) is 13.1. The largest absolute Gasteiger partial charge is 0.351 e. The van der Waals surface area contributed by atoms with Crippen molar-refractivity contribution >= 4 is 34.3 Å². The zero-order valence-corrected chi connectivity index (χ0v) is 21.4. The van der Waals surface area contributed by atoms with Gasteiger partial charge in [0.15, 0.2) is 5.78 Å². The number of para-hydroxylation sites is 1. The molecule has 1 N–H and O–H groups in total. The molecule has 0 aliphatic heterocycles. The van der Waals surface area contributed by atoms with E-state index in [0.29, 0.717) is 22.3 Å². The van der Waals surface area contributed by atoms with E-state index in [2.05, 4.69) is 15.6 Å². The van der Waals surface area contributed by atoms with E-state index < -0.39 is 6.04 Å². The Kier molecular flexibility index (Phi) is 7.58. The molecule has 8 nitrogen and oxygen atoms in total. The van der Waals surface area contributed by atoms with Crippen LogP contribution in [0.25, 0.3) is 11.0 Å². The molecule has 3 aromatic carbocycles. The summed E-state index contributed by atoms with van der Waals surface area (Å²) in [6.45, 7) is 1.36. The van der Waals surface area contributed by atoms with Crippen molar-refractivity contribution in [3.63, 3.8) is 0 Å². The number of benzene rings is 3. The lowest BCUT2D eigenvalue weighted by atomic mass is 9.94. The quantitative estimate of drug-likeness (QED) is 0.342. The van der Waals surface area contributed by atoms with Gasteiger partial charge in [-0.05, 0) is 49.6 Å². The van der Waals surface area contributed by atoms with Crippen molar-refractivity contribution in [2.75, 3.05) is 4.90 Å². The summed E-state index contributed by atoms with van der Waals surface area (Å²) < 4.78 is 1.54. The standard InChI is InChI=1S/C30H31N5O3/c1-21(36)23-13-10-16-25(19-23)35(28(37)20-34-27-18-9-8-17-26(27)32-33-34)29(22-11-4-2-5-12-22)30(38)31-24-14-6-3-7-15-24/h2,4-5,8-13,16-19,24,29H,3,6-7,14-15,20H2,1H3,(H,31,38).